The second kappa shape index (κ2) is 5.37. The van der Waals surface area contributed by atoms with Crippen molar-refractivity contribution in [1.29, 1.82) is 0 Å². The molecule has 1 nitrogen and oxygen atoms in total. The van der Waals surface area contributed by atoms with E-state index in [9.17, 15) is 0 Å². The van der Waals surface area contributed by atoms with E-state index in [2.05, 4.69) is 48.0 Å². The smallest absolute Gasteiger partial charge is 0.130 e. The Bertz CT molecular complexity index is 520. The van der Waals surface area contributed by atoms with E-state index in [4.69, 9.17) is 4.74 Å². The van der Waals surface area contributed by atoms with Crippen LogP contribution in [0.15, 0.2) is 42.5 Å². The van der Waals surface area contributed by atoms with Gasteiger partial charge in [0.1, 0.15) is 11.5 Å². The van der Waals surface area contributed by atoms with E-state index in [-0.39, 0.29) is 0 Å². The standard InChI is InChI=1S/C15H15BrO/c1-11-4-3-5-14(8-11)17-15-7-6-13(10-16)9-12(15)2/h3-9H,10H2,1-2H3. The SMILES string of the molecule is Cc1cccc(Oc2ccc(CBr)cc2C)c1. The van der Waals surface area contributed by atoms with Crippen LogP contribution in [0, 0.1) is 13.8 Å². The van der Waals surface area contributed by atoms with E-state index in [1.807, 2.05) is 24.3 Å². The summed E-state index contributed by atoms with van der Waals surface area (Å²) in [6, 6.07) is 14.3. The first-order valence-electron chi connectivity index (χ1n) is 5.59. The van der Waals surface area contributed by atoms with Crippen molar-refractivity contribution in [2.75, 3.05) is 0 Å². The maximum absolute atomic E-state index is 5.87. The minimum absolute atomic E-state index is 0.874. The van der Waals surface area contributed by atoms with Crippen LogP contribution >= 0.6 is 15.9 Å². The Labute approximate surface area is 111 Å². The highest BCUT2D eigenvalue weighted by Crippen LogP contribution is 2.26. The molecule has 88 valence electrons. The van der Waals surface area contributed by atoms with Crippen molar-refractivity contribution in [1.82, 2.24) is 0 Å². The van der Waals surface area contributed by atoms with Gasteiger partial charge in [-0.15, -0.1) is 0 Å². The Morgan fingerprint density at radius 3 is 2.53 bits per heavy atom. The fraction of sp³-hybridized carbons (Fsp3) is 0.200. The average molecular weight is 291 g/mol. The van der Waals surface area contributed by atoms with Gasteiger partial charge in [-0.3, -0.25) is 0 Å². The number of rotatable bonds is 3. The maximum atomic E-state index is 5.87. The molecule has 2 aromatic rings. The highest BCUT2D eigenvalue weighted by molar-refractivity contribution is 9.08. The third-order valence-corrected chi connectivity index (χ3v) is 3.26. The summed E-state index contributed by atoms with van der Waals surface area (Å²) in [5.41, 5.74) is 3.62. The third kappa shape index (κ3) is 3.10. The number of hydrogen-bond donors (Lipinski definition) is 0. The highest BCUT2D eigenvalue weighted by Gasteiger charge is 2.02. The minimum Gasteiger partial charge on any atom is -0.457 e. The number of hydrogen-bond acceptors (Lipinski definition) is 1. The molecular weight excluding hydrogens is 276 g/mol. The number of benzene rings is 2. The molecule has 0 unspecified atom stereocenters. The largest absolute Gasteiger partial charge is 0.457 e. The molecule has 0 aliphatic rings. The van der Waals surface area contributed by atoms with Crippen LogP contribution in [0.2, 0.25) is 0 Å². The summed E-state index contributed by atoms with van der Waals surface area (Å²) in [5, 5.41) is 0.874. The molecule has 17 heavy (non-hydrogen) atoms. The quantitative estimate of drug-likeness (QED) is 0.724. The maximum Gasteiger partial charge on any atom is 0.130 e. The van der Waals surface area contributed by atoms with E-state index in [0.717, 1.165) is 22.4 Å². The highest BCUT2D eigenvalue weighted by atomic mass is 79.9. The fourth-order valence-corrected chi connectivity index (χ4v) is 2.06. The molecule has 2 aromatic carbocycles. The second-order valence-electron chi connectivity index (χ2n) is 4.15. The van der Waals surface area contributed by atoms with Crippen molar-refractivity contribution in [3.05, 3.63) is 59.2 Å². The molecule has 0 heterocycles. The van der Waals surface area contributed by atoms with Crippen LogP contribution < -0.4 is 4.74 Å². The Hall–Kier alpha value is -1.28. The molecule has 0 saturated heterocycles. The zero-order valence-corrected chi connectivity index (χ0v) is 11.6. The molecule has 0 radical (unpaired) electrons. The van der Waals surface area contributed by atoms with Gasteiger partial charge < -0.3 is 4.74 Å². The van der Waals surface area contributed by atoms with Gasteiger partial charge >= 0.3 is 0 Å². The van der Waals surface area contributed by atoms with Gasteiger partial charge in [0.15, 0.2) is 0 Å². The summed E-state index contributed by atoms with van der Waals surface area (Å²) >= 11 is 3.45. The monoisotopic (exact) mass is 290 g/mol. The Morgan fingerprint density at radius 2 is 1.88 bits per heavy atom. The molecule has 0 aromatic heterocycles. The lowest BCUT2D eigenvalue weighted by Crippen LogP contribution is -1.89. The van der Waals surface area contributed by atoms with Gasteiger partial charge in [-0.1, -0.05) is 40.2 Å². The van der Waals surface area contributed by atoms with E-state index in [1.54, 1.807) is 0 Å². The Balaban J connectivity index is 2.24. The van der Waals surface area contributed by atoms with Crippen molar-refractivity contribution >= 4 is 15.9 Å². The van der Waals surface area contributed by atoms with Crippen molar-refractivity contribution in [2.24, 2.45) is 0 Å². The van der Waals surface area contributed by atoms with E-state index in [0.29, 0.717) is 0 Å². The molecule has 0 amide bonds. The number of alkyl halides is 1. The Kier molecular flexibility index (Phi) is 3.85. The molecule has 0 spiro atoms. The van der Waals surface area contributed by atoms with Crippen molar-refractivity contribution in [3.8, 4) is 11.5 Å². The zero-order valence-electron chi connectivity index (χ0n) is 10.0. The van der Waals surface area contributed by atoms with Gasteiger partial charge in [0.05, 0.1) is 0 Å². The van der Waals surface area contributed by atoms with E-state index in [1.165, 1.54) is 11.1 Å². The van der Waals surface area contributed by atoms with Crippen LogP contribution in [0.4, 0.5) is 0 Å². The van der Waals surface area contributed by atoms with Crippen LogP contribution in [-0.2, 0) is 5.33 Å². The second-order valence-corrected chi connectivity index (χ2v) is 4.71. The van der Waals surface area contributed by atoms with Crippen molar-refractivity contribution in [3.63, 3.8) is 0 Å². The van der Waals surface area contributed by atoms with Crippen LogP contribution in [0.5, 0.6) is 11.5 Å². The molecule has 0 aliphatic carbocycles. The van der Waals surface area contributed by atoms with Crippen LogP contribution in [-0.4, -0.2) is 0 Å². The normalized spacial score (nSPS) is 10.3. The van der Waals surface area contributed by atoms with Gasteiger partial charge in [0.2, 0.25) is 0 Å². The molecule has 2 heteroatoms. The van der Waals surface area contributed by atoms with Gasteiger partial charge in [-0.25, -0.2) is 0 Å². The molecule has 0 saturated carbocycles. The lowest BCUT2D eigenvalue weighted by atomic mass is 10.1. The fourth-order valence-electron chi connectivity index (χ4n) is 1.71. The lowest BCUT2D eigenvalue weighted by molar-refractivity contribution is 0.478. The van der Waals surface area contributed by atoms with Gasteiger partial charge in [0.25, 0.3) is 0 Å². The third-order valence-electron chi connectivity index (χ3n) is 2.61. The minimum atomic E-state index is 0.874. The molecule has 0 atom stereocenters. The average Bonchev–Trinajstić information content (AvgIpc) is 2.32. The molecule has 0 fully saturated rings. The van der Waals surface area contributed by atoms with Gasteiger partial charge in [-0.2, -0.15) is 0 Å². The molecule has 0 bridgehead atoms. The topological polar surface area (TPSA) is 9.23 Å². The molecule has 2 rings (SSSR count). The van der Waals surface area contributed by atoms with E-state index < -0.39 is 0 Å². The summed E-state index contributed by atoms with van der Waals surface area (Å²) < 4.78 is 5.87. The summed E-state index contributed by atoms with van der Waals surface area (Å²) in [5.74, 6) is 1.81. The van der Waals surface area contributed by atoms with Crippen LogP contribution in [0.25, 0.3) is 0 Å². The first-order chi connectivity index (χ1) is 8.19. The first-order valence-corrected chi connectivity index (χ1v) is 6.71. The van der Waals surface area contributed by atoms with Crippen molar-refractivity contribution in [2.45, 2.75) is 19.2 Å². The van der Waals surface area contributed by atoms with Crippen LogP contribution in [0.3, 0.4) is 0 Å². The van der Waals surface area contributed by atoms with Gasteiger partial charge in [-0.05, 0) is 48.7 Å². The zero-order chi connectivity index (χ0) is 12.3. The van der Waals surface area contributed by atoms with E-state index >= 15 is 0 Å². The predicted molar refractivity (Wildman–Crippen MR) is 75.1 cm³/mol. The number of halogens is 1. The number of aryl methyl sites for hydroxylation is 2. The molecular formula is C15H15BrO. The number of ether oxygens (including phenoxy) is 1. The first kappa shape index (κ1) is 12.2. The van der Waals surface area contributed by atoms with Crippen LogP contribution in [0.1, 0.15) is 16.7 Å². The van der Waals surface area contributed by atoms with Gasteiger partial charge in [0, 0.05) is 5.33 Å². The molecule has 0 N–H and O–H groups in total. The molecule has 0 aliphatic heterocycles. The summed E-state index contributed by atoms with van der Waals surface area (Å²) in [4.78, 5) is 0. The Morgan fingerprint density at radius 1 is 1.06 bits per heavy atom. The summed E-state index contributed by atoms with van der Waals surface area (Å²) in [7, 11) is 0. The summed E-state index contributed by atoms with van der Waals surface area (Å²) in [6.45, 7) is 4.13. The lowest BCUT2D eigenvalue weighted by Gasteiger charge is -2.10. The summed E-state index contributed by atoms with van der Waals surface area (Å²) in [6.07, 6.45) is 0. The predicted octanol–water partition coefficient (Wildman–Crippen LogP) is 4.99. The van der Waals surface area contributed by atoms with Crippen molar-refractivity contribution < 1.29 is 4.74 Å².